The zero-order chi connectivity index (χ0) is 23.5. The van der Waals surface area contributed by atoms with Gasteiger partial charge in [0.2, 0.25) is 10.0 Å². The average Bonchev–Trinajstić information content (AvgIpc) is 3.39. The van der Waals surface area contributed by atoms with Crippen molar-refractivity contribution in [3.63, 3.8) is 0 Å². The number of sulfonamides is 1. The Morgan fingerprint density at radius 1 is 1.25 bits per heavy atom. The molecule has 0 N–H and O–H groups in total. The van der Waals surface area contributed by atoms with E-state index in [1.807, 2.05) is 0 Å². The summed E-state index contributed by atoms with van der Waals surface area (Å²) in [6, 6.07) is 1.27. The van der Waals surface area contributed by atoms with Gasteiger partial charge in [0.05, 0.1) is 36.6 Å². The molecule has 0 bridgehead atoms. The smallest absolute Gasteiger partial charge is 0.314 e. The van der Waals surface area contributed by atoms with Crippen molar-refractivity contribution in [1.29, 1.82) is 0 Å². The zero-order valence-corrected chi connectivity index (χ0v) is 18.3. The lowest BCUT2D eigenvalue weighted by atomic mass is 10.4. The van der Waals surface area contributed by atoms with Gasteiger partial charge in [-0.25, -0.2) is 22.2 Å². The molecule has 3 rings (SSSR count). The van der Waals surface area contributed by atoms with Crippen LogP contribution in [-0.4, -0.2) is 46.9 Å². The summed E-state index contributed by atoms with van der Waals surface area (Å²) in [5.74, 6) is -4.39. The highest BCUT2D eigenvalue weighted by molar-refractivity contribution is 7.92. The number of hydrogen-bond donors (Lipinski definition) is 0. The van der Waals surface area contributed by atoms with Gasteiger partial charge in [-0.05, 0) is 6.92 Å². The maximum atomic E-state index is 13.1. The molecule has 0 saturated carbocycles. The SMILES string of the molecule is CCS(=O)(=O)N(Cc1ncc(-c2nnc(C(F)F)o2)s1)c1cncc(OCC(C)(F)F)c1. The zero-order valence-electron chi connectivity index (χ0n) is 16.7. The predicted octanol–water partition coefficient (Wildman–Crippen LogP) is 3.92. The Hall–Kier alpha value is -2.81. The van der Waals surface area contributed by atoms with Crippen molar-refractivity contribution < 1.29 is 35.1 Å². The van der Waals surface area contributed by atoms with Crippen molar-refractivity contribution in [3.8, 4) is 16.5 Å². The molecule has 174 valence electrons. The van der Waals surface area contributed by atoms with E-state index in [-0.39, 0.29) is 34.5 Å². The summed E-state index contributed by atoms with van der Waals surface area (Å²) in [7, 11) is -3.83. The second kappa shape index (κ2) is 9.36. The first-order valence-electron chi connectivity index (χ1n) is 9.01. The van der Waals surface area contributed by atoms with E-state index in [0.717, 1.165) is 15.6 Å². The lowest BCUT2D eigenvalue weighted by Gasteiger charge is -2.23. The molecule has 3 aromatic rings. The molecule has 0 fully saturated rings. The molecule has 0 atom stereocenters. The molecule has 0 saturated heterocycles. The molecule has 0 aliphatic rings. The lowest BCUT2D eigenvalue weighted by Crippen LogP contribution is -2.32. The van der Waals surface area contributed by atoms with Crippen LogP contribution in [0.3, 0.4) is 0 Å². The molecule has 0 aromatic carbocycles. The Morgan fingerprint density at radius 2 is 2.00 bits per heavy atom. The fraction of sp³-hybridized carbons (Fsp3) is 0.412. The number of aromatic nitrogens is 4. The minimum Gasteiger partial charge on any atom is -0.486 e. The number of nitrogens with zero attached hydrogens (tertiary/aromatic N) is 5. The molecule has 0 aliphatic heterocycles. The average molecular weight is 495 g/mol. The van der Waals surface area contributed by atoms with Crippen LogP contribution in [0.15, 0.2) is 29.1 Å². The van der Waals surface area contributed by atoms with Crippen molar-refractivity contribution in [2.24, 2.45) is 0 Å². The van der Waals surface area contributed by atoms with E-state index in [9.17, 15) is 26.0 Å². The van der Waals surface area contributed by atoms with Crippen molar-refractivity contribution in [2.75, 3.05) is 16.7 Å². The molecule has 32 heavy (non-hydrogen) atoms. The number of ether oxygens (including phenoxy) is 1. The molecule has 0 aliphatic carbocycles. The van der Waals surface area contributed by atoms with Crippen LogP contribution in [0.1, 0.15) is 31.2 Å². The summed E-state index contributed by atoms with van der Waals surface area (Å²) in [6.45, 7) is 0.988. The standard InChI is InChI=1S/C17H17F4N5O4S2/c1-3-32(27,28)26(10-4-11(6-22-5-10)29-9-17(2,20)21)8-13-23-7-12(31-13)15-24-25-16(30-15)14(18)19/h4-7,14H,3,8-9H2,1-2H3. The monoisotopic (exact) mass is 495 g/mol. The van der Waals surface area contributed by atoms with Crippen molar-refractivity contribution in [1.82, 2.24) is 20.2 Å². The van der Waals surface area contributed by atoms with Gasteiger partial charge in [0, 0.05) is 13.0 Å². The first-order chi connectivity index (χ1) is 15.0. The Labute approximate surface area is 184 Å². The highest BCUT2D eigenvalue weighted by atomic mass is 32.2. The summed E-state index contributed by atoms with van der Waals surface area (Å²) in [4.78, 5) is 8.24. The summed E-state index contributed by atoms with van der Waals surface area (Å²) in [6.07, 6.45) is 0.791. The van der Waals surface area contributed by atoms with Gasteiger partial charge in [0.25, 0.3) is 17.7 Å². The maximum absolute atomic E-state index is 13.1. The molecule has 3 heterocycles. The number of anilines is 1. The third-order valence-corrected chi connectivity index (χ3v) is 6.56. The van der Waals surface area contributed by atoms with Crippen LogP contribution < -0.4 is 9.04 Å². The van der Waals surface area contributed by atoms with E-state index in [4.69, 9.17) is 9.15 Å². The van der Waals surface area contributed by atoms with Gasteiger partial charge in [-0.1, -0.05) is 0 Å². The Bertz CT molecular complexity index is 1160. The minimum atomic E-state index is -3.83. The largest absolute Gasteiger partial charge is 0.486 e. The first kappa shape index (κ1) is 23.8. The molecule has 0 spiro atoms. The minimum absolute atomic E-state index is 0.0365. The molecular formula is C17H17F4N5O4S2. The van der Waals surface area contributed by atoms with Crippen LogP contribution in [0.5, 0.6) is 5.75 Å². The van der Waals surface area contributed by atoms with E-state index in [1.165, 1.54) is 31.6 Å². The van der Waals surface area contributed by atoms with Gasteiger partial charge in [0.15, 0.2) is 6.61 Å². The second-order valence-electron chi connectivity index (χ2n) is 6.51. The van der Waals surface area contributed by atoms with E-state index in [1.54, 1.807) is 0 Å². The van der Waals surface area contributed by atoms with Gasteiger partial charge >= 0.3 is 6.43 Å². The third-order valence-electron chi connectivity index (χ3n) is 3.85. The number of rotatable bonds is 10. The Balaban J connectivity index is 1.86. The van der Waals surface area contributed by atoms with Crippen molar-refractivity contribution in [2.45, 2.75) is 32.7 Å². The summed E-state index contributed by atoms with van der Waals surface area (Å²) in [5, 5.41) is 7.06. The van der Waals surface area contributed by atoms with Crippen LogP contribution in [0, 0.1) is 0 Å². The molecule has 15 heteroatoms. The summed E-state index contributed by atoms with van der Waals surface area (Å²) < 4.78 is 87.7. The number of pyridine rings is 1. The van der Waals surface area contributed by atoms with Crippen LogP contribution in [0.2, 0.25) is 0 Å². The van der Waals surface area contributed by atoms with Gasteiger partial charge in [0.1, 0.15) is 15.6 Å². The highest BCUT2D eigenvalue weighted by Crippen LogP contribution is 2.31. The fourth-order valence-corrected chi connectivity index (χ4v) is 4.33. The molecule has 0 unspecified atom stereocenters. The van der Waals surface area contributed by atoms with Crippen LogP contribution in [0.4, 0.5) is 23.2 Å². The quantitative estimate of drug-likeness (QED) is 0.389. The normalized spacial score (nSPS) is 12.3. The number of halogens is 4. The van der Waals surface area contributed by atoms with E-state index < -0.39 is 34.9 Å². The maximum Gasteiger partial charge on any atom is 0.314 e. The van der Waals surface area contributed by atoms with Crippen LogP contribution >= 0.6 is 11.3 Å². The van der Waals surface area contributed by atoms with E-state index in [0.29, 0.717) is 11.9 Å². The van der Waals surface area contributed by atoms with Gasteiger partial charge in [-0.2, -0.15) is 8.78 Å². The first-order valence-corrected chi connectivity index (χ1v) is 11.4. The second-order valence-corrected chi connectivity index (χ2v) is 9.81. The Kier molecular flexibility index (Phi) is 6.97. The number of thiazole rings is 1. The van der Waals surface area contributed by atoms with Gasteiger partial charge in [-0.15, -0.1) is 21.5 Å². The summed E-state index contributed by atoms with van der Waals surface area (Å²) >= 11 is 0.969. The molecule has 0 radical (unpaired) electrons. The number of hydrogen-bond acceptors (Lipinski definition) is 9. The van der Waals surface area contributed by atoms with E-state index >= 15 is 0 Å². The van der Waals surface area contributed by atoms with E-state index in [2.05, 4.69) is 20.2 Å². The third kappa shape index (κ3) is 5.91. The van der Waals surface area contributed by atoms with Gasteiger partial charge in [-0.3, -0.25) is 9.29 Å². The molecule has 3 aromatic heterocycles. The molecule has 0 amide bonds. The highest BCUT2D eigenvalue weighted by Gasteiger charge is 2.26. The molecule has 9 nitrogen and oxygen atoms in total. The van der Waals surface area contributed by atoms with Crippen molar-refractivity contribution >= 4 is 27.0 Å². The van der Waals surface area contributed by atoms with Crippen LogP contribution in [-0.2, 0) is 16.6 Å². The predicted molar refractivity (Wildman–Crippen MR) is 106 cm³/mol. The summed E-state index contributed by atoms with van der Waals surface area (Å²) in [5.41, 5.74) is 0.0818. The number of alkyl halides is 4. The van der Waals surface area contributed by atoms with Crippen LogP contribution in [0.25, 0.3) is 10.8 Å². The topological polar surface area (TPSA) is 111 Å². The Morgan fingerprint density at radius 3 is 2.62 bits per heavy atom. The van der Waals surface area contributed by atoms with Crippen molar-refractivity contribution in [3.05, 3.63) is 35.6 Å². The molecular weight excluding hydrogens is 478 g/mol. The van der Waals surface area contributed by atoms with Gasteiger partial charge < -0.3 is 9.15 Å². The fourth-order valence-electron chi connectivity index (χ4n) is 2.37. The lowest BCUT2D eigenvalue weighted by molar-refractivity contribution is -0.0230.